The van der Waals surface area contributed by atoms with E-state index < -0.39 is 5.97 Å². The monoisotopic (exact) mass is 414 g/mol. The van der Waals surface area contributed by atoms with Crippen molar-refractivity contribution in [1.29, 1.82) is 0 Å². The number of thiophene rings is 1. The molecule has 1 aliphatic carbocycles. The van der Waals surface area contributed by atoms with Crippen molar-refractivity contribution in [3.05, 3.63) is 50.7 Å². The van der Waals surface area contributed by atoms with E-state index in [1.165, 1.54) is 41.0 Å². The summed E-state index contributed by atoms with van der Waals surface area (Å²) in [6.45, 7) is 0.159. The zero-order chi connectivity index (χ0) is 19.5. The molecule has 0 atom stereocenters. The highest BCUT2D eigenvalue weighted by Crippen LogP contribution is 2.29. The summed E-state index contributed by atoms with van der Waals surface area (Å²) in [6, 6.07) is 9.85. The minimum atomic E-state index is -0.403. The smallest absolute Gasteiger partial charge is 0.348 e. The predicted octanol–water partition coefficient (Wildman–Crippen LogP) is 4.44. The topological polar surface area (TPSA) is 59.5 Å². The number of hydrogen-bond acceptors (Lipinski definition) is 6. The standard InChI is InChI=1S/C21H22N2O3S2/c1-23(12-19-22-15-8-5-6-10-17(15)28-19)20(24)13-26-21(25)18-11-14-7-3-2-4-9-16(14)27-18/h5-6,8,10-11H,2-4,7,9,12-13H2,1H3. The van der Waals surface area contributed by atoms with E-state index in [1.54, 1.807) is 23.3 Å². The van der Waals surface area contributed by atoms with Gasteiger partial charge in [-0.1, -0.05) is 18.6 Å². The number of likely N-dealkylation sites (N-methyl/N-ethyl adjacent to an activating group) is 1. The van der Waals surface area contributed by atoms with Crippen LogP contribution < -0.4 is 0 Å². The molecule has 3 aromatic rings. The molecule has 5 nitrogen and oxygen atoms in total. The molecule has 1 amide bonds. The molecule has 1 aromatic carbocycles. The lowest BCUT2D eigenvalue weighted by Crippen LogP contribution is -2.30. The van der Waals surface area contributed by atoms with E-state index >= 15 is 0 Å². The van der Waals surface area contributed by atoms with E-state index in [-0.39, 0.29) is 12.5 Å². The van der Waals surface area contributed by atoms with E-state index in [0.29, 0.717) is 11.4 Å². The molecule has 2 heterocycles. The van der Waals surface area contributed by atoms with Gasteiger partial charge in [0.2, 0.25) is 0 Å². The van der Waals surface area contributed by atoms with Crippen LogP contribution in [0, 0.1) is 0 Å². The van der Waals surface area contributed by atoms with Gasteiger partial charge in [0.1, 0.15) is 9.88 Å². The molecule has 4 rings (SSSR count). The molecule has 0 unspecified atom stereocenters. The van der Waals surface area contributed by atoms with Crippen LogP contribution in [-0.2, 0) is 28.9 Å². The van der Waals surface area contributed by atoms with E-state index in [9.17, 15) is 9.59 Å². The minimum absolute atomic E-state index is 0.231. The zero-order valence-electron chi connectivity index (χ0n) is 15.8. The molecule has 0 bridgehead atoms. The number of aryl methyl sites for hydroxylation is 2. The predicted molar refractivity (Wildman–Crippen MR) is 112 cm³/mol. The van der Waals surface area contributed by atoms with Crippen LogP contribution in [0.3, 0.4) is 0 Å². The third kappa shape index (κ3) is 4.25. The lowest BCUT2D eigenvalue weighted by atomic mass is 10.1. The van der Waals surface area contributed by atoms with Crippen LogP contribution in [0.4, 0.5) is 0 Å². The van der Waals surface area contributed by atoms with Gasteiger partial charge in [-0.05, 0) is 49.4 Å². The van der Waals surface area contributed by atoms with E-state index in [2.05, 4.69) is 4.98 Å². The average molecular weight is 415 g/mol. The number of carbonyl (C=O) groups is 2. The van der Waals surface area contributed by atoms with E-state index in [0.717, 1.165) is 28.1 Å². The van der Waals surface area contributed by atoms with Crippen molar-refractivity contribution in [2.24, 2.45) is 0 Å². The Bertz CT molecular complexity index is 952. The van der Waals surface area contributed by atoms with Gasteiger partial charge < -0.3 is 9.64 Å². The Morgan fingerprint density at radius 3 is 2.82 bits per heavy atom. The molecule has 0 radical (unpaired) electrons. The van der Waals surface area contributed by atoms with Crippen molar-refractivity contribution in [1.82, 2.24) is 9.88 Å². The van der Waals surface area contributed by atoms with Crippen LogP contribution in [0.1, 0.15) is 44.4 Å². The second-order valence-corrected chi connectivity index (χ2v) is 9.27. The first-order valence-electron chi connectivity index (χ1n) is 9.47. The van der Waals surface area contributed by atoms with Crippen molar-refractivity contribution in [3.63, 3.8) is 0 Å². The molecule has 0 N–H and O–H groups in total. The molecule has 0 fully saturated rings. The number of para-hydroxylation sites is 1. The van der Waals surface area contributed by atoms with Gasteiger partial charge in [0.25, 0.3) is 5.91 Å². The molecule has 0 spiro atoms. The molecular weight excluding hydrogens is 392 g/mol. The fourth-order valence-electron chi connectivity index (χ4n) is 3.36. The third-order valence-electron chi connectivity index (χ3n) is 4.91. The van der Waals surface area contributed by atoms with Gasteiger partial charge >= 0.3 is 5.97 Å². The summed E-state index contributed by atoms with van der Waals surface area (Å²) in [5, 5.41) is 0.866. The maximum absolute atomic E-state index is 12.4. The van der Waals surface area contributed by atoms with Crippen LogP contribution in [-0.4, -0.2) is 35.4 Å². The average Bonchev–Trinajstić information content (AvgIpc) is 3.23. The number of esters is 1. The number of ether oxygens (including phenoxy) is 1. The third-order valence-corrected chi connectivity index (χ3v) is 7.15. The van der Waals surface area contributed by atoms with Gasteiger partial charge in [-0.2, -0.15) is 0 Å². The molecule has 2 aromatic heterocycles. The number of nitrogens with zero attached hydrogens (tertiary/aromatic N) is 2. The number of carbonyl (C=O) groups excluding carboxylic acids is 2. The maximum Gasteiger partial charge on any atom is 0.348 e. The molecule has 146 valence electrons. The highest BCUT2D eigenvalue weighted by Gasteiger charge is 2.19. The fraction of sp³-hybridized carbons (Fsp3) is 0.381. The number of rotatable bonds is 5. The number of hydrogen-bond donors (Lipinski definition) is 0. The van der Waals surface area contributed by atoms with Gasteiger partial charge in [0.15, 0.2) is 6.61 Å². The summed E-state index contributed by atoms with van der Waals surface area (Å²) in [4.78, 5) is 32.7. The molecule has 0 saturated heterocycles. The summed E-state index contributed by atoms with van der Waals surface area (Å²) in [6.07, 6.45) is 5.67. The second kappa shape index (κ2) is 8.41. The van der Waals surface area contributed by atoms with Gasteiger partial charge in [-0.3, -0.25) is 4.79 Å². The molecule has 7 heteroatoms. The van der Waals surface area contributed by atoms with Crippen molar-refractivity contribution >= 4 is 44.8 Å². The first kappa shape index (κ1) is 19.1. The summed E-state index contributed by atoms with van der Waals surface area (Å²) >= 11 is 3.08. The number of fused-ring (bicyclic) bond motifs is 2. The van der Waals surface area contributed by atoms with Crippen LogP contribution >= 0.6 is 22.7 Å². The Kier molecular flexibility index (Phi) is 5.73. The van der Waals surface area contributed by atoms with E-state index in [4.69, 9.17) is 4.74 Å². The van der Waals surface area contributed by atoms with Crippen molar-refractivity contribution in [2.75, 3.05) is 13.7 Å². The molecule has 0 aliphatic heterocycles. The first-order chi connectivity index (χ1) is 13.6. The minimum Gasteiger partial charge on any atom is -0.451 e. The van der Waals surface area contributed by atoms with Gasteiger partial charge in [-0.15, -0.1) is 22.7 Å². The Balaban J connectivity index is 1.32. The molecule has 1 aliphatic rings. The summed E-state index contributed by atoms with van der Waals surface area (Å²) in [5.41, 5.74) is 2.21. The molecular formula is C21H22N2O3S2. The summed E-state index contributed by atoms with van der Waals surface area (Å²) < 4.78 is 6.38. The number of amides is 1. The zero-order valence-corrected chi connectivity index (χ0v) is 17.4. The Morgan fingerprint density at radius 2 is 1.96 bits per heavy atom. The Hall–Kier alpha value is -2.25. The number of thiazole rings is 1. The second-order valence-electron chi connectivity index (χ2n) is 7.02. The highest BCUT2D eigenvalue weighted by molar-refractivity contribution is 7.18. The molecule has 28 heavy (non-hydrogen) atoms. The summed E-state index contributed by atoms with van der Waals surface area (Å²) in [7, 11) is 1.70. The first-order valence-corrected chi connectivity index (χ1v) is 11.1. The van der Waals surface area contributed by atoms with E-state index in [1.807, 2.05) is 30.3 Å². The SMILES string of the molecule is CN(Cc1nc2ccccc2s1)C(=O)COC(=O)c1cc2c(s1)CCCCC2. The van der Waals surface area contributed by atoms with Crippen molar-refractivity contribution in [2.45, 2.75) is 38.6 Å². The number of aromatic nitrogens is 1. The lowest BCUT2D eigenvalue weighted by Gasteiger charge is -2.15. The van der Waals surface area contributed by atoms with Crippen LogP contribution in [0.2, 0.25) is 0 Å². The lowest BCUT2D eigenvalue weighted by molar-refractivity contribution is -0.133. The largest absolute Gasteiger partial charge is 0.451 e. The van der Waals surface area contributed by atoms with Crippen molar-refractivity contribution < 1.29 is 14.3 Å². The quantitative estimate of drug-likeness (QED) is 0.457. The normalized spacial score (nSPS) is 13.8. The van der Waals surface area contributed by atoms with Gasteiger partial charge in [0.05, 0.1) is 16.8 Å². The number of benzene rings is 1. The van der Waals surface area contributed by atoms with Crippen LogP contribution in [0.5, 0.6) is 0 Å². The molecule has 0 saturated carbocycles. The maximum atomic E-state index is 12.4. The Morgan fingerprint density at radius 1 is 1.14 bits per heavy atom. The van der Waals surface area contributed by atoms with Crippen LogP contribution in [0.25, 0.3) is 10.2 Å². The van der Waals surface area contributed by atoms with Crippen LogP contribution in [0.15, 0.2) is 30.3 Å². The van der Waals surface area contributed by atoms with Gasteiger partial charge in [0, 0.05) is 11.9 Å². The fourth-order valence-corrected chi connectivity index (χ4v) is 5.52. The summed E-state index contributed by atoms with van der Waals surface area (Å²) in [5.74, 6) is -0.634. The Labute approximate surface area is 172 Å². The van der Waals surface area contributed by atoms with Gasteiger partial charge in [-0.25, -0.2) is 9.78 Å². The van der Waals surface area contributed by atoms with Crippen molar-refractivity contribution in [3.8, 4) is 0 Å². The highest BCUT2D eigenvalue weighted by atomic mass is 32.1.